The Morgan fingerprint density at radius 1 is 0.319 bits per heavy atom. The summed E-state index contributed by atoms with van der Waals surface area (Å²) in [6, 6.07) is 64.4. The highest BCUT2D eigenvalue weighted by Crippen LogP contribution is 2.46. The Hall–Kier alpha value is -11.0. The number of aromatic nitrogens is 4. The van der Waals surface area contributed by atoms with Gasteiger partial charge in [0.2, 0.25) is 0 Å². The van der Waals surface area contributed by atoms with E-state index < -0.39 is 0 Å². The van der Waals surface area contributed by atoms with Gasteiger partial charge in [0.1, 0.15) is 0 Å². The predicted molar refractivity (Wildman–Crippen MR) is 260 cm³/mol. The lowest BCUT2D eigenvalue weighted by molar-refractivity contribution is 1.07. The van der Waals surface area contributed by atoms with E-state index in [1.807, 2.05) is 121 Å². The van der Waals surface area contributed by atoms with Crippen LogP contribution in [-0.4, -0.2) is 19.5 Å². The van der Waals surface area contributed by atoms with E-state index in [9.17, 15) is 36.8 Å². The molecule has 0 fully saturated rings. The van der Waals surface area contributed by atoms with Crippen LogP contribution in [0.2, 0.25) is 0 Å². The van der Waals surface area contributed by atoms with E-state index in [2.05, 4.69) is 41.0 Å². The van der Waals surface area contributed by atoms with Crippen molar-refractivity contribution in [2.45, 2.75) is 0 Å². The zero-order chi connectivity index (χ0) is 47.6. The fourth-order valence-corrected chi connectivity index (χ4v) is 8.80. The Morgan fingerprint density at radius 3 is 1.26 bits per heavy atom. The molecule has 0 saturated carbocycles. The van der Waals surface area contributed by atoms with Gasteiger partial charge >= 0.3 is 0 Å². The average Bonchev–Trinajstić information content (AvgIpc) is 3.75. The molecule has 11 nitrogen and oxygen atoms in total. The molecule has 0 aliphatic rings. The molecule has 0 atom stereocenters. The highest BCUT2D eigenvalue weighted by Gasteiger charge is 2.26. The van der Waals surface area contributed by atoms with Gasteiger partial charge in [-0.2, -0.15) is 36.8 Å². The smallest absolute Gasteiger partial charge is 0.164 e. The van der Waals surface area contributed by atoms with Crippen LogP contribution in [0, 0.1) is 79.3 Å². The third kappa shape index (κ3) is 7.37. The van der Waals surface area contributed by atoms with Crippen molar-refractivity contribution in [1.82, 2.24) is 19.5 Å². The van der Waals surface area contributed by atoms with Crippen molar-refractivity contribution in [3.05, 3.63) is 203 Å². The first-order valence-corrected chi connectivity index (χ1v) is 21.2. The van der Waals surface area contributed by atoms with Gasteiger partial charge in [-0.15, -0.1) is 0 Å². The zero-order valence-electron chi connectivity index (χ0n) is 36.0. The van der Waals surface area contributed by atoms with Crippen molar-refractivity contribution in [3.8, 4) is 116 Å². The Labute approximate surface area is 395 Å². The van der Waals surface area contributed by atoms with Gasteiger partial charge in [0.15, 0.2) is 17.5 Å². The van der Waals surface area contributed by atoms with Crippen molar-refractivity contribution >= 4 is 21.8 Å². The highest BCUT2D eigenvalue weighted by molar-refractivity contribution is 6.12. The number of nitrogens with zero attached hydrogens (tertiary/aromatic N) is 11. The summed E-state index contributed by atoms with van der Waals surface area (Å²) in [4.78, 5) is 15.1. The second-order valence-corrected chi connectivity index (χ2v) is 15.8. The van der Waals surface area contributed by atoms with E-state index >= 15 is 0 Å². The molecule has 0 amide bonds. The van der Waals surface area contributed by atoms with Crippen LogP contribution in [-0.2, 0) is 0 Å². The lowest BCUT2D eigenvalue weighted by Gasteiger charge is -2.22. The third-order valence-corrected chi connectivity index (χ3v) is 11.9. The SMILES string of the molecule is N#Cc1ccc(-c2cc(-c3nc(-c4ccccc4)nc(-c4ccccc4)n3)cc(-c3ccc(C#N)cc3C#N)c2-n2c3ccccc3c3cc(-c4c(C#N)cc(C#N)cc4C#N)ccc32)c(C#N)c1. The van der Waals surface area contributed by atoms with Crippen molar-refractivity contribution in [2.75, 3.05) is 0 Å². The molecule has 69 heavy (non-hydrogen) atoms. The van der Waals surface area contributed by atoms with Crippen LogP contribution in [0.4, 0.5) is 0 Å². The van der Waals surface area contributed by atoms with Crippen LogP contribution < -0.4 is 0 Å². The molecule has 0 unspecified atom stereocenters. The fraction of sp³-hybridized carbons (Fsp3) is 0. The summed E-state index contributed by atoms with van der Waals surface area (Å²) in [6.07, 6.45) is 0. The summed E-state index contributed by atoms with van der Waals surface area (Å²) >= 11 is 0. The Kier molecular flexibility index (Phi) is 10.7. The first kappa shape index (κ1) is 42.0. The van der Waals surface area contributed by atoms with Gasteiger partial charge in [0.25, 0.3) is 0 Å². The minimum absolute atomic E-state index is 0.174. The lowest BCUT2D eigenvalue weighted by atomic mass is 9.88. The summed E-state index contributed by atoms with van der Waals surface area (Å²) in [7, 11) is 0. The minimum atomic E-state index is 0.174. The number of fused-ring (bicyclic) bond motifs is 3. The fourth-order valence-electron chi connectivity index (χ4n) is 8.80. The Bertz CT molecular complexity index is 3910. The molecule has 2 heterocycles. The Balaban J connectivity index is 1.37. The molecule has 0 saturated heterocycles. The molecule has 0 aliphatic carbocycles. The molecule has 11 heteroatoms. The minimum Gasteiger partial charge on any atom is -0.308 e. The molecule has 0 spiro atoms. The number of para-hydroxylation sites is 1. The van der Waals surface area contributed by atoms with Gasteiger partial charge in [-0.3, -0.25) is 0 Å². The zero-order valence-corrected chi connectivity index (χ0v) is 36.0. The van der Waals surface area contributed by atoms with Crippen LogP contribution in [0.25, 0.3) is 95.0 Å². The summed E-state index contributed by atoms with van der Waals surface area (Å²) in [5.74, 6) is 1.13. The highest BCUT2D eigenvalue weighted by atomic mass is 15.0. The summed E-state index contributed by atoms with van der Waals surface area (Å²) in [6.45, 7) is 0. The van der Waals surface area contributed by atoms with Gasteiger partial charge in [-0.25, -0.2) is 15.0 Å². The average molecular weight is 878 g/mol. The van der Waals surface area contributed by atoms with Crippen molar-refractivity contribution < 1.29 is 0 Å². The molecule has 0 N–H and O–H groups in total. The summed E-state index contributed by atoms with van der Waals surface area (Å²) in [5.41, 5.74) is 8.48. The van der Waals surface area contributed by atoms with E-state index in [1.165, 1.54) is 24.3 Å². The lowest BCUT2D eigenvalue weighted by Crippen LogP contribution is -2.05. The molecular formula is C58H27N11. The van der Waals surface area contributed by atoms with E-state index in [0.29, 0.717) is 67.6 Å². The van der Waals surface area contributed by atoms with E-state index in [1.54, 1.807) is 24.3 Å². The van der Waals surface area contributed by atoms with Crippen LogP contribution in [0.5, 0.6) is 0 Å². The number of hydrogen-bond acceptors (Lipinski definition) is 10. The summed E-state index contributed by atoms with van der Waals surface area (Å²) in [5, 5.41) is 73.4. The van der Waals surface area contributed by atoms with Crippen LogP contribution in [0.3, 0.4) is 0 Å². The first-order chi connectivity index (χ1) is 33.9. The number of rotatable bonds is 7. The molecule has 314 valence electrons. The Morgan fingerprint density at radius 2 is 0.768 bits per heavy atom. The first-order valence-electron chi connectivity index (χ1n) is 21.2. The standard InChI is InChI=1S/C58H27N11/c59-28-35-15-18-46(42(21-35)31-62)50-26-41(58-67-56(38-9-3-1-4-10-38)66-57(68-58)39-11-5-2-6-12-39)27-51(47-19-16-36(29-60)22-43(47)32-63)55(50)69-52-14-8-7-13-48(52)49-25-40(17-20-53(49)69)54-44(33-64)23-37(30-61)24-45(54)34-65/h1-27H. The van der Waals surface area contributed by atoms with Gasteiger partial charge in [0, 0.05) is 55.3 Å². The van der Waals surface area contributed by atoms with Crippen molar-refractivity contribution in [2.24, 2.45) is 0 Å². The molecular weight excluding hydrogens is 851 g/mol. The number of hydrogen-bond donors (Lipinski definition) is 0. The van der Waals surface area contributed by atoms with Gasteiger partial charge < -0.3 is 4.57 Å². The molecule has 2 aromatic heterocycles. The molecule has 0 bridgehead atoms. The molecule has 8 aromatic carbocycles. The summed E-state index contributed by atoms with van der Waals surface area (Å²) < 4.78 is 2.05. The van der Waals surface area contributed by atoms with Crippen molar-refractivity contribution in [3.63, 3.8) is 0 Å². The largest absolute Gasteiger partial charge is 0.308 e. The van der Waals surface area contributed by atoms with Gasteiger partial charge in [-0.05, 0) is 72.3 Å². The number of nitriles is 7. The van der Waals surface area contributed by atoms with E-state index in [4.69, 9.17) is 15.0 Å². The topological polar surface area (TPSA) is 210 Å². The van der Waals surface area contributed by atoms with Gasteiger partial charge in [-0.1, -0.05) is 97.1 Å². The predicted octanol–water partition coefficient (Wildman–Crippen LogP) is 12.1. The maximum absolute atomic E-state index is 10.8. The second-order valence-electron chi connectivity index (χ2n) is 15.8. The quantitative estimate of drug-likeness (QED) is 0.148. The molecule has 0 aliphatic heterocycles. The monoisotopic (exact) mass is 877 g/mol. The molecule has 0 radical (unpaired) electrons. The second kappa shape index (κ2) is 17.5. The normalized spacial score (nSPS) is 10.5. The van der Waals surface area contributed by atoms with Crippen LogP contribution in [0.1, 0.15) is 38.9 Å². The maximum atomic E-state index is 10.8. The third-order valence-electron chi connectivity index (χ3n) is 11.9. The number of benzene rings is 8. The van der Waals surface area contributed by atoms with Crippen molar-refractivity contribution in [1.29, 1.82) is 36.8 Å². The van der Waals surface area contributed by atoms with E-state index in [0.717, 1.165) is 27.4 Å². The molecule has 10 aromatic rings. The van der Waals surface area contributed by atoms with Gasteiger partial charge in [0.05, 0.1) is 98.1 Å². The van der Waals surface area contributed by atoms with Crippen LogP contribution >= 0.6 is 0 Å². The van der Waals surface area contributed by atoms with E-state index in [-0.39, 0.29) is 38.9 Å². The maximum Gasteiger partial charge on any atom is 0.164 e. The van der Waals surface area contributed by atoms with Crippen LogP contribution in [0.15, 0.2) is 164 Å². The molecule has 10 rings (SSSR count).